The summed E-state index contributed by atoms with van der Waals surface area (Å²) < 4.78 is 0. The molecule has 2 aliphatic carbocycles. The van der Waals surface area contributed by atoms with Crippen LogP contribution in [-0.2, 0) is 0 Å². The third-order valence-electron chi connectivity index (χ3n) is 11.9. The van der Waals surface area contributed by atoms with Gasteiger partial charge in [0.1, 0.15) is 0 Å². The SMILES string of the molecule is Br.Br.Br.Br.CCN(CC)CCCN1CC=C2C(=C(c3ccccc3)c3ccccc32)C1.CCN(CC)CCCN1CC=C2C(=C(c3ccccc3)c3ccccc32)C1.O. The van der Waals surface area contributed by atoms with Gasteiger partial charge < -0.3 is 15.3 Å². The monoisotopic (exact) mass is 1050 g/mol. The van der Waals surface area contributed by atoms with Crippen LogP contribution in [-0.4, -0.2) is 104 Å². The first-order valence-electron chi connectivity index (χ1n) is 20.7. The molecule has 9 heteroatoms. The van der Waals surface area contributed by atoms with E-state index in [1.165, 1.54) is 106 Å². The van der Waals surface area contributed by atoms with Gasteiger partial charge in [-0.15, -0.1) is 67.9 Å². The molecule has 0 bridgehead atoms. The minimum absolute atomic E-state index is 0. The van der Waals surface area contributed by atoms with Crippen molar-refractivity contribution in [1.29, 1.82) is 0 Å². The van der Waals surface area contributed by atoms with E-state index in [-0.39, 0.29) is 73.4 Å². The Balaban J connectivity index is 0.000000375. The lowest BCUT2D eigenvalue weighted by Crippen LogP contribution is -2.33. The Kier molecular flexibility index (Phi) is 23.3. The van der Waals surface area contributed by atoms with Gasteiger partial charge in [0.15, 0.2) is 0 Å². The smallest absolute Gasteiger partial charge is 0.0249 e. The van der Waals surface area contributed by atoms with E-state index in [0.29, 0.717) is 0 Å². The number of fused-ring (bicyclic) bond motifs is 6. The third-order valence-corrected chi connectivity index (χ3v) is 11.9. The molecule has 0 saturated heterocycles. The van der Waals surface area contributed by atoms with Crippen LogP contribution in [0.3, 0.4) is 0 Å². The molecule has 4 aliphatic rings. The van der Waals surface area contributed by atoms with Gasteiger partial charge in [-0.3, -0.25) is 9.80 Å². The van der Waals surface area contributed by atoms with Crippen LogP contribution >= 0.6 is 67.9 Å². The molecule has 0 spiro atoms. The summed E-state index contributed by atoms with van der Waals surface area (Å²) in [5, 5.41) is 0. The van der Waals surface area contributed by atoms with Gasteiger partial charge in [0.05, 0.1) is 0 Å². The Morgan fingerprint density at radius 2 is 0.763 bits per heavy atom. The average molecular weight is 1060 g/mol. The van der Waals surface area contributed by atoms with Crippen molar-refractivity contribution in [2.45, 2.75) is 40.5 Å². The molecule has 59 heavy (non-hydrogen) atoms. The Bertz CT molecular complexity index is 1860. The molecule has 4 aromatic carbocycles. The third kappa shape index (κ3) is 12.4. The number of halogens is 4. The van der Waals surface area contributed by atoms with Crippen molar-refractivity contribution in [1.82, 2.24) is 19.6 Å². The zero-order chi connectivity index (χ0) is 37.3. The highest BCUT2D eigenvalue weighted by atomic mass is 79.9. The molecule has 4 aromatic rings. The number of rotatable bonds is 14. The van der Waals surface area contributed by atoms with Gasteiger partial charge in [-0.25, -0.2) is 0 Å². The van der Waals surface area contributed by atoms with E-state index in [1.807, 2.05) is 0 Å². The van der Waals surface area contributed by atoms with Gasteiger partial charge in [0, 0.05) is 39.3 Å². The molecule has 0 fully saturated rings. The predicted octanol–water partition coefficient (Wildman–Crippen LogP) is 11.4. The fraction of sp³-hybridized carbons (Fsp3) is 0.360. The maximum absolute atomic E-state index is 2.61. The summed E-state index contributed by atoms with van der Waals surface area (Å²) in [6.07, 6.45) is 7.38. The molecule has 0 amide bonds. The summed E-state index contributed by atoms with van der Waals surface area (Å²) in [7, 11) is 0. The first kappa shape index (κ1) is 52.7. The Morgan fingerprint density at radius 1 is 0.441 bits per heavy atom. The molecule has 8 rings (SSSR count). The van der Waals surface area contributed by atoms with Gasteiger partial charge in [-0.05, 0) is 119 Å². The molecule has 0 atom stereocenters. The fourth-order valence-electron chi connectivity index (χ4n) is 8.93. The van der Waals surface area contributed by atoms with Crippen LogP contribution in [0.4, 0.5) is 0 Å². The van der Waals surface area contributed by atoms with Crippen molar-refractivity contribution < 1.29 is 5.48 Å². The molecule has 2 heterocycles. The first-order valence-corrected chi connectivity index (χ1v) is 20.7. The minimum atomic E-state index is 0. The maximum Gasteiger partial charge on any atom is 0.0249 e. The van der Waals surface area contributed by atoms with Crippen molar-refractivity contribution in [3.8, 4) is 0 Å². The Morgan fingerprint density at radius 3 is 1.10 bits per heavy atom. The van der Waals surface area contributed by atoms with Crippen LogP contribution in [0.5, 0.6) is 0 Å². The van der Waals surface area contributed by atoms with E-state index < -0.39 is 0 Å². The predicted molar refractivity (Wildman–Crippen MR) is 276 cm³/mol. The molecule has 2 aliphatic heterocycles. The Labute approximate surface area is 397 Å². The van der Waals surface area contributed by atoms with E-state index in [0.717, 1.165) is 52.4 Å². The van der Waals surface area contributed by atoms with E-state index in [2.05, 4.69) is 169 Å². The van der Waals surface area contributed by atoms with Crippen LogP contribution in [0.2, 0.25) is 0 Å². The largest absolute Gasteiger partial charge is 0.412 e. The second kappa shape index (κ2) is 26.1. The lowest BCUT2D eigenvalue weighted by Gasteiger charge is -2.28. The number of benzene rings is 4. The molecular formula is C50H66Br4N4O. The summed E-state index contributed by atoms with van der Waals surface area (Å²) in [6, 6.07) is 39.6. The zero-order valence-electron chi connectivity index (χ0n) is 35.4. The Hall–Kier alpha value is -2.44. The van der Waals surface area contributed by atoms with Crippen LogP contribution in [0.1, 0.15) is 73.9 Å². The highest BCUT2D eigenvalue weighted by Gasteiger charge is 2.31. The van der Waals surface area contributed by atoms with E-state index >= 15 is 0 Å². The lowest BCUT2D eigenvalue weighted by atomic mass is 9.96. The number of hydrogen-bond acceptors (Lipinski definition) is 4. The summed E-state index contributed by atoms with van der Waals surface area (Å²) in [6.45, 7) is 22.6. The minimum Gasteiger partial charge on any atom is -0.412 e. The van der Waals surface area contributed by atoms with Gasteiger partial charge in [0.25, 0.3) is 0 Å². The van der Waals surface area contributed by atoms with Crippen molar-refractivity contribution in [3.05, 3.63) is 166 Å². The molecule has 5 nitrogen and oxygen atoms in total. The van der Waals surface area contributed by atoms with Crippen LogP contribution in [0, 0.1) is 0 Å². The van der Waals surface area contributed by atoms with Crippen molar-refractivity contribution in [3.63, 3.8) is 0 Å². The van der Waals surface area contributed by atoms with Gasteiger partial charge in [-0.2, -0.15) is 0 Å². The zero-order valence-corrected chi connectivity index (χ0v) is 42.2. The molecule has 320 valence electrons. The van der Waals surface area contributed by atoms with E-state index in [4.69, 9.17) is 0 Å². The van der Waals surface area contributed by atoms with E-state index in [1.54, 1.807) is 0 Å². The molecule has 0 radical (unpaired) electrons. The standard InChI is InChI=1S/2C25H30N2.4BrH.H2O/c2*1-3-26(4-2)16-10-17-27-18-15-22-21-13-8-9-14-23(21)25(24(22)19-27)20-11-6-5-7-12-20;;;;;/h2*5-9,11-15H,3-4,10,16-19H2,1-2H3;4*1H;1H2. The van der Waals surface area contributed by atoms with Gasteiger partial charge in [0.2, 0.25) is 0 Å². The summed E-state index contributed by atoms with van der Waals surface area (Å²) in [5.41, 5.74) is 17.1. The lowest BCUT2D eigenvalue weighted by molar-refractivity contribution is 0.259. The normalized spacial score (nSPS) is 15.1. The molecule has 0 saturated carbocycles. The topological polar surface area (TPSA) is 44.5 Å². The van der Waals surface area contributed by atoms with Crippen molar-refractivity contribution in [2.24, 2.45) is 0 Å². The first-order chi connectivity index (χ1) is 26.6. The maximum atomic E-state index is 2.61. The van der Waals surface area contributed by atoms with Crippen molar-refractivity contribution in [2.75, 3.05) is 78.5 Å². The number of hydrogen-bond donors (Lipinski definition) is 0. The summed E-state index contributed by atoms with van der Waals surface area (Å²) in [5.74, 6) is 0. The quantitative estimate of drug-likeness (QED) is 0.126. The summed E-state index contributed by atoms with van der Waals surface area (Å²) >= 11 is 0. The highest BCUT2D eigenvalue weighted by Crippen LogP contribution is 2.47. The molecule has 2 N–H and O–H groups in total. The van der Waals surface area contributed by atoms with Gasteiger partial charge >= 0.3 is 0 Å². The molecule has 0 aromatic heterocycles. The van der Waals surface area contributed by atoms with Crippen LogP contribution in [0.15, 0.2) is 132 Å². The molecular weight excluding hydrogens is 992 g/mol. The second-order valence-corrected chi connectivity index (χ2v) is 15.0. The van der Waals surface area contributed by atoms with Gasteiger partial charge in [-0.1, -0.05) is 149 Å². The van der Waals surface area contributed by atoms with Crippen LogP contribution < -0.4 is 0 Å². The highest BCUT2D eigenvalue weighted by molar-refractivity contribution is 8.93. The van der Waals surface area contributed by atoms with Crippen LogP contribution in [0.25, 0.3) is 22.3 Å². The van der Waals surface area contributed by atoms with Crippen molar-refractivity contribution >= 4 is 90.2 Å². The second-order valence-electron chi connectivity index (χ2n) is 15.0. The number of nitrogens with zero attached hydrogens (tertiary/aromatic N) is 4. The molecule has 0 unspecified atom stereocenters. The summed E-state index contributed by atoms with van der Waals surface area (Å²) in [4.78, 5) is 10.3. The average Bonchev–Trinajstić information content (AvgIpc) is 3.74. The fourth-order valence-corrected chi connectivity index (χ4v) is 8.93. The van der Waals surface area contributed by atoms with E-state index in [9.17, 15) is 0 Å².